The van der Waals surface area contributed by atoms with Crippen molar-refractivity contribution in [3.8, 4) is 0 Å². The SMILES string of the molecule is Cc1nn(C)c2sc(C(=O)NCC3(N)CCCC3)cc12. The largest absolute Gasteiger partial charge is 0.349 e. The van der Waals surface area contributed by atoms with Crippen molar-refractivity contribution >= 4 is 27.5 Å². The third kappa shape index (κ3) is 2.33. The van der Waals surface area contributed by atoms with E-state index >= 15 is 0 Å². The van der Waals surface area contributed by atoms with Crippen molar-refractivity contribution in [3.05, 3.63) is 16.6 Å². The van der Waals surface area contributed by atoms with Crippen LogP contribution in [0.1, 0.15) is 41.0 Å². The Kier molecular flexibility index (Phi) is 3.30. The zero-order chi connectivity index (χ0) is 14.3. The molecule has 0 bridgehead atoms. The Morgan fingerprint density at radius 2 is 2.25 bits per heavy atom. The van der Waals surface area contributed by atoms with Crippen LogP contribution in [-0.4, -0.2) is 27.8 Å². The minimum absolute atomic E-state index is 0.0256. The maximum atomic E-state index is 12.2. The number of hydrogen-bond acceptors (Lipinski definition) is 4. The smallest absolute Gasteiger partial charge is 0.261 e. The number of amides is 1. The van der Waals surface area contributed by atoms with Gasteiger partial charge in [-0.1, -0.05) is 12.8 Å². The molecule has 3 rings (SSSR count). The lowest BCUT2D eigenvalue weighted by Gasteiger charge is -2.23. The Morgan fingerprint density at radius 3 is 2.90 bits per heavy atom. The zero-order valence-electron chi connectivity index (χ0n) is 11.9. The van der Waals surface area contributed by atoms with E-state index in [1.165, 1.54) is 24.2 Å². The normalized spacial score (nSPS) is 17.8. The first kappa shape index (κ1) is 13.6. The second kappa shape index (κ2) is 4.86. The minimum Gasteiger partial charge on any atom is -0.349 e. The van der Waals surface area contributed by atoms with Crippen LogP contribution in [0.2, 0.25) is 0 Å². The monoisotopic (exact) mass is 292 g/mol. The quantitative estimate of drug-likeness (QED) is 0.908. The van der Waals surface area contributed by atoms with Crippen LogP contribution in [0.4, 0.5) is 0 Å². The van der Waals surface area contributed by atoms with Crippen LogP contribution in [-0.2, 0) is 7.05 Å². The zero-order valence-corrected chi connectivity index (χ0v) is 12.7. The van der Waals surface area contributed by atoms with Crippen LogP contribution in [0.3, 0.4) is 0 Å². The molecule has 3 N–H and O–H groups in total. The highest BCUT2D eigenvalue weighted by atomic mass is 32.1. The van der Waals surface area contributed by atoms with E-state index in [0.29, 0.717) is 6.54 Å². The van der Waals surface area contributed by atoms with E-state index in [9.17, 15) is 4.79 Å². The maximum Gasteiger partial charge on any atom is 0.261 e. The van der Waals surface area contributed by atoms with E-state index in [1.54, 1.807) is 0 Å². The van der Waals surface area contributed by atoms with Crippen molar-refractivity contribution in [2.24, 2.45) is 12.8 Å². The maximum absolute atomic E-state index is 12.2. The number of nitrogens with one attached hydrogen (secondary N) is 1. The van der Waals surface area contributed by atoms with Gasteiger partial charge in [0, 0.05) is 24.5 Å². The summed E-state index contributed by atoms with van der Waals surface area (Å²) in [5.41, 5.74) is 7.02. The Labute approximate surface area is 122 Å². The number of carbonyl (C=O) groups is 1. The molecule has 108 valence electrons. The van der Waals surface area contributed by atoms with Gasteiger partial charge in [0.05, 0.1) is 10.6 Å². The lowest BCUT2D eigenvalue weighted by molar-refractivity contribution is 0.0948. The summed E-state index contributed by atoms with van der Waals surface area (Å²) in [5.74, 6) is -0.0256. The molecule has 5 nitrogen and oxygen atoms in total. The second-order valence-corrected chi connectivity index (χ2v) is 6.82. The molecule has 0 unspecified atom stereocenters. The van der Waals surface area contributed by atoms with E-state index in [0.717, 1.165) is 33.6 Å². The van der Waals surface area contributed by atoms with Crippen molar-refractivity contribution in [3.63, 3.8) is 0 Å². The molecule has 2 heterocycles. The molecular formula is C14H20N4OS. The summed E-state index contributed by atoms with van der Waals surface area (Å²) in [6.07, 6.45) is 4.34. The summed E-state index contributed by atoms with van der Waals surface area (Å²) < 4.78 is 1.83. The number of carbonyl (C=O) groups excluding carboxylic acids is 1. The van der Waals surface area contributed by atoms with E-state index in [-0.39, 0.29) is 11.4 Å². The number of aryl methyl sites for hydroxylation is 2. The van der Waals surface area contributed by atoms with Crippen LogP contribution < -0.4 is 11.1 Å². The molecule has 1 fully saturated rings. The van der Waals surface area contributed by atoms with E-state index < -0.39 is 0 Å². The molecule has 0 atom stereocenters. The molecule has 2 aromatic rings. The third-order valence-corrected chi connectivity index (χ3v) is 5.32. The summed E-state index contributed by atoms with van der Waals surface area (Å²) in [7, 11) is 1.90. The minimum atomic E-state index is -0.205. The lowest BCUT2D eigenvalue weighted by atomic mass is 9.99. The van der Waals surface area contributed by atoms with Gasteiger partial charge in [-0.05, 0) is 25.8 Å². The van der Waals surface area contributed by atoms with Gasteiger partial charge in [0.25, 0.3) is 5.91 Å². The highest BCUT2D eigenvalue weighted by Crippen LogP contribution is 2.29. The van der Waals surface area contributed by atoms with E-state index in [1.807, 2.05) is 24.7 Å². The van der Waals surface area contributed by atoms with Crippen LogP contribution in [0.25, 0.3) is 10.2 Å². The summed E-state index contributed by atoms with van der Waals surface area (Å²) in [6, 6.07) is 1.93. The van der Waals surface area contributed by atoms with Gasteiger partial charge < -0.3 is 11.1 Å². The molecular weight excluding hydrogens is 272 g/mol. The van der Waals surface area contributed by atoms with Gasteiger partial charge in [-0.3, -0.25) is 9.48 Å². The molecule has 0 saturated heterocycles. The summed E-state index contributed by atoms with van der Waals surface area (Å²) in [4.78, 5) is 14.0. The molecule has 0 spiro atoms. The Bertz CT molecular complexity index is 617. The lowest BCUT2D eigenvalue weighted by Crippen LogP contribution is -2.47. The number of rotatable bonds is 3. The van der Waals surface area contributed by atoms with Crippen molar-refractivity contribution in [2.75, 3.05) is 6.54 Å². The Hall–Kier alpha value is -1.40. The van der Waals surface area contributed by atoms with Gasteiger partial charge in [0.15, 0.2) is 0 Å². The average molecular weight is 292 g/mol. The van der Waals surface area contributed by atoms with Crippen molar-refractivity contribution in [1.82, 2.24) is 15.1 Å². The fourth-order valence-electron chi connectivity index (χ4n) is 2.92. The number of aromatic nitrogens is 2. The fraction of sp³-hybridized carbons (Fsp3) is 0.571. The number of thiophene rings is 1. The summed E-state index contributed by atoms with van der Waals surface area (Å²) >= 11 is 1.48. The first-order valence-electron chi connectivity index (χ1n) is 6.99. The molecule has 1 aliphatic rings. The number of nitrogens with zero attached hydrogens (tertiary/aromatic N) is 2. The van der Waals surface area contributed by atoms with Crippen LogP contribution in [0, 0.1) is 6.92 Å². The van der Waals surface area contributed by atoms with Gasteiger partial charge in [0.2, 0.25) is 0 Å². The van der Waals surface area contributed by atoms with E-state index in [4.69, 9.17) is 5.73 Å². The van der Waals surface area contributed by atoms with Crippen LogP contribution in [0.5, 0.6) is 0 Å². The molecule has 0 aromatic carbocycles. The predicted molar refractivity (Wildman–Crippen MR) is 81.0 cm³/mol. The van der Waals surface area contributed by atoms with Crippen LogP contribution in [0.15, 0.2) is 6.07 Å². The van der Waals surface area contributed by atoms with Gasteiger partial charge in [0.1, 0.15) is 4.83 Å². The highest BCUT2D eigenvalue weighted by molar-refractivity contribution is 7.20. The number of nitrogens with two attached hydrogens (primary N) is 1. The standard InChI is InChI=1S/C14H20N4OS/c1-9-10-7-11(20-13(10)18(2)17-9)12(19)16-8-14(15)5-3-4-6-14/h7H,3-6,8,15H2,1-2H3,(H,16,19). The first-order valence-corrected chi connectivity index (χ1v) is 7.80. The fourth-order valence-corrected chi connectivity index (χ4v) is 3.96. The summed E-state index contributed by atoms with van der Waals surface area (Å²) in [6.45, 7) is 2.53. The van der Waals surface area contributed by atoms with Gasteiger partial charge in [-0.15, -0.1) is 11.3 Å². The predicted octanol–water partition coefficient (Wildman–Crippen LogP) is 1.94. The average Bonchev–Trinajstić information content (AvgIpc) is 3.07. The Morgan fingerprint density at radius 1 is 1.55 bits per heavy atom. The molecule has 2 aromatic heterocycles. The number of fused-ring (bicyclic) bond motifs is 1. The molecule has 1 amide bonds. The van der Waals surface area contributed by atoms with Crippen molar-refractivity contribution in [2.45, 2.75) is 38.1 Å². The molecule has 1 saturated carbocycles. The second-order valence-electron chi connectivity index (χ2n) is 5.79. The van der Waals surface area contributed by atoms with Gasteiger partial charge in [-0.25, -0.2) is 0 Å². The molecule has 0 radical (unpaired) electrons. The van der Waals surface area contributed by atoms with Crippen molar-refractivity contribution < 1.29 is 4.79 Å². The molecule has 20 heavy (non-hydrogen) atoms. The molecule has 0 aliphatic heterocycles. The van der Waals surface area contributed by atoms with Gasteiger partial charge in [-0.2, -0.15) is 5.10 Å². The molecule has 1 aliphatic carbocycles. The third-order valence-electron chi connectivity index (χ3n) is 4.12. The van der Waals surface area contributed by atoms with E-state index in [2.05, 4.69) is 10.4 Å². The van der Waals surface area contributed by atoms with Gasteiger partial charge >= 0.3 is 0 Å². The van der Waals surface area contributed by atoms with Crippen LogP contribution >= 0.6 is 11.3 Å². The summed E-state index contributed by atoms with van der Waals surface area (Å²) in [5, 5.41) is 8.40. The first-order chi connectivity index (χ1) is 9.48. The Balaban J connectivity index is 1.74. The van der Waals surface area contributed by atoms with Crippen molar-refractivity contribution in [1.29, 1.82) is 0 Å². The highest BCUT2D eigenvalue weighted by Gasteiger charge is 2.29. The molecule has 6 heteroatoms. The number of hydrogen-bond donors (Lipinski definition) is 2. The topological polar surface area (TPSA) is 72.9 Å².